The second kappa shape index (κ2) is 5.00. The van der Waals surface area contributed by atoms with Crippen LogP contribution in [0, 0.1) is 5.92 Å². The number of nitrogens with zero attached hydrogens (tertiary/aromatic N) is 2. The number of alkyl halides is 1. The molecule has 1 unspecified atom stereocenters. The first-order valence-electron chi connectivity index (χ1n) is 5.76. The van der Waals surface area contributed by atoms with Crippen molar-refractivity contribution < 1.29 is 0 Å². The molecule has 1 aromatic heterocycles. The van der Waals surface area contributed by atoms with Crippen molar-refractivity contribution in [2.24, 2.45) is 5.92 Å². The van der Waals surface area contributed by atoms with Gasteiger partial charge in [0.15, 0.2) is 0 Å². The predicted molar refractivity (Wildman–Crippen MR) is 72.1 cm³/mol. The number of para-hydroxylation sites is 2. The van der Waals surface area contributed by atoms with Crippen LogP contribution in [-0.4, -0.2) is 14.9 Å². The molecule has 0 amide bonds. The third kappa shape index (κ3) is 2.14. The van der Waals surface area contributed by atoms with Crippen LogP contribution in [0.2, 0.25) is 0 Å². The molecule has 0 fully saturated rings. The highest BCUT2D eigenvalue weighted by Crippen LogP contribution is 2.18. The van der Waals surface area contributed by atoms with Crippen molar-refractivity contribution in [2.75, 3.05) is 5.33 Å². The zero-order chi connectivity index (χ0) is 11.5. The molecule has 2 nitrogen and oxygen atoms in total. The normalized spacial score (nSPS) is 13.2. The third-order valence-corrected chi connectivity index (χ3v) is 3.91. The van der Waals surface area contributed by atoms with Gasteiger partial charge in [-0.25, -0.2) is 4.98 Å². The summed E-state index contributed by atoms with van der Waals surface area (Å²) in [4.78, 5) is 4.67. The number of hydrogen-bond donors (Lipinski definition) is 0. The van der Waals surface area contributed by atoms with Crippen LogP contribution in [0.3, 0.4) is 0 Å². The highest BCUT2D eigenvalue weighted by atomic mass is 79.9. The summed E-state index contributed by atoms with van der Waals surface area (Å²) in [6.45, 7) is 5.45. The van der Waals surface area contributed by atoms with Crippen LogP contribution in [-0.2, 0) is 13.0 Å². The second-order valence-electron chi connectivity index (χ2n) is 4.24. The lowest BCUT2D eigenvalue weighted by Crippen LogP contribution is -2.11. The number of rotatable bonds is 4. The van der Waals surface area contributed by atoms with Crippen LogP contribution in [0.15, 0.2) is 24.3 Å². The molecule has 0 aliphatic carbocycles. The molecule has 3 heteroatoms. The van der Waals surface area contributed by atoms with E-state index in [2.05, 4.69) is 57.5 Å². The number of hydrogen-bond acceptors (Lipinski definition) is 1. The van der Waals surface area contributed by atoms with E-state index >= 15 is 0 Å². The van der Waals surface area contributed by atoms with Gasteiger partial charge in [-0.1, -0.05) is 41.9 Å². The Labute approximate surface area is 105 Å². The summed E-state index contributed by atoms with van der Waals surface area (Å²) in [7, 11) is 0. The molecule has 86 valence electrons. The summed E-state index contributed by atoms with van der Waals surface area (Å²) in [6, 6.07) is 8.37. The Kier molecular flexibility index (Phi) is 3.64. The smallest absolute Gasteiger partial charge is 0.109 e. The molecule has 0 radical (unpaired) electrons. The van der Waals surface area contributed by atoms with Gasteiger partial charge in [0.25, 0.3) is 0 Å². The van der Waals surface area contributed by atoms with Crippen LogP contribution >= 0.6 is 15.9 Å². The molecule has 2 rings (SSSR count). The summed E-state index contributed by atoms with van der Waals surface area (Å²) in [5.41, 5.74) is 2.37. The standard InChI is InChI=1S/C13H17BrN2/c1-3-13-15-11-6-4-5-7-12(11)16(13)9-10(2)8-14/h4-7,10H,3,8-9H2,1-2H3. The highest BCUT2D eigenvalue weighted by Gasteiger charge is 2.10. The lowest BCUT2D eigenvalue weighted by molar-refractivity contribution is 0.528. The van der Waals surface area contributed by atoms with Crippen LogP contribution < -0.4 is 0 Å². The van der Waals surface area contributed by atoms with Gasteiger partial charge in [-0.15, -0.1) is 0 Å². The minimum Gasteiger partial charge on any atom is -0.328 e. The highest BCUT2D eigenvalue weighted by molar-refractivity contribution is 9.09. The topological polar surface area (TPSA) is 17.8 Å². The average Bonchev–Trinajstić information content (AvgIpc) is 2.67. The predicted octanol–water partition coefficient (Wildman–Crippen LogP) is 3.63. The van der Waals surface area contributed by atoms with E-state index in [4.69, 9.17) is 0 Å². The molecule has 0 bridgehead atoms. The fourth-order valence-electron chi connectivity index (χ4n) is 1.96. The summed E-state index contributed by atoms with van der Waals surface area (Å²) in [6.07, 6.45) is 0.990. The van der Waals surface area contributed by atoms with Crippen molar-refractivity contribution in [1.29, 1.82) is 0 Å². The Morgan fingerprint density at radius 1 is 1.38 bits per heavy atom. The van der Waals surface area contributed by atoms with E-state index in [9.17, 15) is 0 Å². The molecule has 0 saturated carbocycles. The first-order valence-corrected chi connectivity index (χ1v) is 6.88. The number of halogens is 1. The largest absolute Gasteiger partial charge is 0.328 e. The maximum atomic E-state index is 4.67. The molecule has 1 aromatic carbocycles. The quantitative estimate of drug-likeness (QED) is 0.782. The Morgan fingerprint density at radius 3 is 2.81 bits per heavy atom. The summed E-state index contributed by atoms with van der Waals surface area (Å²) >= 11 is 3.54. The molecular formula is C13H17BrN2. The van der Waals surface area contributed by atoms with Crippen LogP contribution in [0.4, 0.5) is 0 Å². The zero-order valence-corrected chi connectivity index (χ0v) is 11.4. The van der Waals surface area contributed by atoms with Gasteiger partial charge in [0.05, 0.1) is 11.0 Å². The Bertz CT molecular complexity index is 476. The van der Waals surface area contributed by atoms with Crippen molar-refractivity contribution >= 4 is 27.0 Å². The van der Waals surface area contributed by atoms with E-state index in [1.807, 2.05) is 6.07 Å². The van der Waals surface area contributed by atoms with Gasteiger partial charge in [-0.3, -0.25) is 0 Å². The molecule has 0 aliphatic rings. The molecule has 0 saturated heterocycles. The van der Waals surface area contributed by atoms with E-state index in [-0.39, 0.29) is 0 Å². The van der Waals surface area contributed by atoms with Gasteiger partial charge in [0.2, 0.25) is 0 Å². The van der Waals surface area contributed by atoms with Gasteiger partial charge >= 0.3 is 0 Å². The van der Waals surface area contributed by atoms with Gasteiger partial charge in [0.1, 0.15) is 5.82 Å². The molecule has 0 spiro atoms. The van der Waals surface area contributed by atoms with Crippen molar-refractivity contribution in [3.05, 3.63) is 30.1 Å². The lowest BCUT2D eigenvalue weighted by Gasteiger charge is -2.12. The summed E-state index contributed by atoms with van der Waals surface area (Å²) in [5.74, 6) is 1.82. The minimum atomic E-state index is 0.628. The van der Waals surface area contributed by atoms with Gasteiger partial charge in [-0.2, -0.15) is 0 Å². The Balaban J connectivity index is 2.47. The molecule has 1 atom stereocenters. The van der Waals surface area contributed by atoms with E-state index in [0.717, 1.165) is 23.8 Å². The maximum Gasteiger partial charge on any atom is 0.109 e. The molecule has 0 N–H and O–H groups in total. The van der Waals surface area contributed by atoms with Crippen molar-refractivity contribution in [2.45, 2.75) is 26.8 Å². The van der Waals surface area contributed by atoms with Crippen molar-refractivity contribution in [3.63, 3.8) is 0 Å². The fourth-order valence-corrected chi connectivity index (χ4v) is 2.16. The maximum absolute atomic E-state index is 4.67. The minimum absolute atomic E-state index is 0.628. The van der Waals surface area contributed by atoms with Crippen LogP contribution in [0.25, 0.3) is 11.0 Å². The fraction of sp³-hybridized carbons (Fsp3) is 0.462. The van der Waals surface area contributed by atoms with Gasteiger partial charge in [0, 0.05) is 18.3 Å². The first-order chi connectivity index (χ1) is 7.76. The molecular weight excluding hydrogens is 264 g/mol. The summed E-state index contributed by atoms with van der Waals surface area (Å²) < 4.78 is 2.35. The van der Waals surface area contributed by atoms with Gasteiger partial charge in [-0.05, 0) is 18.1 Å². The Hall–Kier alpha value is -0.830. The number of fused-ring (bicyclic) bond motifs is 1. The number of aryl methyl sites for hydroxylation is 1. The van der Waals surface area contributed by atoms with Crippen molar-refractivity contribution in [1.82, 2.24) is 9.55 Å². The Morgan fingerprint density at radius 2 is 2.12 bits per heavy atom. The average molecular weight is 281 g/mol. The lowest BCUT2D eigenvalue weighted by atomic mass is 10.2. The number of aromatic nitrogens is 2. The van der Waals surface area contributed by atoms with E-state index in [1.165, 1.54) is 11.3 Å². The number of benzene rings is 1. The van der Waals surface area contributed by atoms with Crippen LogP contribution in [0.5, 0.6) is 0 Å². The van der Waals surface area contributed by atoms with E-state index in [1.54, 1.807) is 0 Å². The SMILES string of the molecule is CCc1nc2ccccc2n1CC(C)CBr. The zero-order valence-electron chi connectivity index (χ0n) is 9.78. The van der Waals surface area contributed by atoms with Crippen molar-refractivity contribution in [3.8, 4) is 0 Å². The molecule has 2 aromatic rings. The van der Waals surface area contributed by atoms with E-state index < -0.39 is 0 Å². The monoisotopic (exact) mass is 280 g/mol. The van der Waals surface area contributed by atoms with Crippen LogP contribution in [0.1, 0.15) is 19.7 Å². The van der Waals surface area contributed by atoms with E-state index in [0.29, 0.717) is 5.92 Å². The molecule has 16 heavy (non-hydrogen) atoms. The molecule has 0 aliphatic heterocycles. The third-order valence-electron chi connectivity index (χ3n) is 2.81. The number of imidazole rings is 1. The second-order valence-corrected chi connectivity index (χ2v) is 4.89. The summed E-state index contributed by atoms with van der Waals surface area (Å²) in [5, 5.41) is 1.03. The van der Waals surface area contributed by atoms with Gasteiger partial charge < -0.3 is 4.57 Å². The molecule has 1 heterocycles. The first kappa shape index (κ1) is 11.6.